The number of H-pyrrole nitrogens is 1. The fourth-order valence-electron chi connectivity index (χ4n) is 4.10. The fraction of sp³-hybridized carbons (Fsp3) is 0.207. The van der Waals surface area contributed by atoms with Gasteiger partial charge >= 0.3 is 6.18 Å². The summed E-state index contributed by atoms with van der Waals surface area (Å²) < 4.78 is 38.5. The van der Waals surface area contributed by atoms with Gasteiger partial charge < -0.3 is 15.6 Å². The molecular formula is C29H25F3N4O2. The van der Waals surface area contributed by atoms with E-state index in [0.29, 0.717) is 35.0 Å². The van der Waals surface area contributed by atoms with Crippen LogP contribution in [0.25, 0.3) is 10.9 Å². The largest absolute Gasteiger partial charge is 0.408 e. The maximum Gasteiger partial charge on any atom is 0.408 e. The Labute approximate surface area is 217 Å². The molecule has 4 rings (SSSR count). The predicted octanol–water partition coefficient (Wildman–Crippen LogP) is 5.48. The van der Waals surface area contributed by atoms with E-state index in [0.717, 1.165) is 18.1 Å². The fourth-order valence-corrected chi connectivity index (χ4v) is 4.10. The average molecular weight is 519 g/mol. The number of fused-ring (bicyclic) bond motifs is 1. The molecule has 4 aromatic rings. The molecule has 38 heavy (non-hydrogen) atoms. The number of ketones is 1. The first-order valence-electron chi connectivity index (χ1n) is 12.0. The van der Waals surface area contributed by atoms with E-state index in [1.54, 1.807) is 24.4 Å². The maximum absolute atomic E-state index is 13.7. The van der Waals surface area contributed by atoms with Gasteiger partial charge in [0.2, 0.25) is 0 Å². The third-order valence-corrected chi connectivity index (χ3v) is 6.29. The third kappa shape index (κ3) is 6.10. The van der Waals surface area contributed by atoms with Gasteiger partial charge in [-0.05, 0) is 48.7 Å². The van der Waals surface area contributed by atoms with Crippen molar-refractivity contribution in [3.8, 4) is 6.07 Å². The zero-order chi connectivity index (χ0) is 27.3. The summed E-state index contributed by atoms with van der Waals surface area (Å²) in [5.41, 5.74) is 3.29. The molecule has 0 bridgehead atoms. The van der Waals surface area contributed by atoms with Gasteiger partial charge in [0.05, 0.1) is 17.7 Å². The van der Waals surface area contributed by atoms with Crippen LogP contribution in [0.1, 0.15) is 50.4 Å². The van der Waals surface area contributed by atoms with Gasteiger partial charge in [0.1, 0.15) is 6.04 Å². The molecule has 6 nitrogen and oxygen atoms in total. The van der Waals surface area contributed by atoms with Crippen molar-refractivity contribution in [3.63, 3.8) is 0 Å². The van der Waals surface area contributed by atoms with Crippen molar-refractivity contribution < 1.29 is 22.8 Å². The van der Waals surface area contributed by atoms with E-state index in [1.807, 2.05) is 47.8 Å². The number of nitrogens with one attached hydrogen (secondary N) is 3. The Hall–Kier alpha value is -4.42. The van der Waals surface area contributed by atoms with Gasteiger partial charge in [0, 0.05) is 34.8 Å². The van der Waals surface area contributed by atoms with Crippen LogP contribution in [-0.4, -0.2) is 35.4 Å². The Balaban J connectivity index is 1.54. The highest BCUT2D eigenvalue weighted by Crippen LogP contribution is 2.26. The minimum absolute atomic E-state index is 0.0506. The molecule has 194 valence electrons. The number of amides is 1. The highest BCUT2D eigenvalue weighted by molar-refractivity contribution is 6.11. The molecule has 3 aromatic carbocycles. The minimum atomic E-state index is -4.55. The maximum atomic E-state index is 13.7. The lowest BCUT2D eigenvalue weighted by Gasteiger charge is -2.18. The van der Waals surface area contributed by atoms with Crippen LogP contribution in [0.15, 0.2) is 79.0 Å². The van der Waals surface area contributed by atoms with Gasteiger partial charge in [-0.15, -0.1) is 0 Å². The van der Waals surface area contributed by atoms with Gasteiger partial charge in [-0.1, -0.05) is 48.5 Å². The van der Waals surface area contributed by atoms with E-state index in [9.17, 15) is 22.8 Å². The van der Waals surface area contributed by atoms with Crippen LogP contribution in [-0.2, 0) is 6.42 Å². The Bertz CT molecular complexity index is 1470. The summed E-state index contributed by atoms with van der Waals surface area (Å²) in [4.78, 5) is 29.0. The molecule has 0 aliphatic carbocycles. The van der Waals surface area contributed by atoms with Crippen molar-refractivity contribution in [2.75, 3.05) is 6.54 Å². The zero-order valence-electron chi connectivity index (χ0n) is 20.5. The summed E-state index contributed by atoms with van der Waals surface area (Å²) in [6.45, 7) is 1.38. The molecule has 0 saturated carbocycles. The molecule has 0 unspecified atom stereocenters. The lowest BCUT2D eigenvalue weighted by molar-refractivity contribution is -0.149. The van der Waals surface area contributed by atoms with E-state index in [-0.39, 0.29) is 11.3 Å². The van der Waals surface area contributed by atoms with Crippen molar-refractivity contribution >= 4 is 22.6 Å². The predicted molar refractivity (Wildman–Crippen MR) is 138 cm³/mol. The van der Waals surface area contributed by atoms with Gasteiger partial charge in [0.15, 0.2) is 5.78 Å². The molecule has 0 saturated heterocycles. The summed E-state index contributed by atoms with van der Waals surface area (Å²) in [5, 5.41) is 14.8. The number of alkyl halides is 3. The summed E-state index contributed by atoms with van der Waals surface area (Å²) in [6.07, 6.45) is -2.36. The number of Topliss-reactive ketones (excluding diaryl/α,β-unsaturated/α-hetero) is 1. The highest BCUT2D eigenvalue weighted by atomic mass is 19.4. The number of carbonyl (C=O) groups is 2. The molecular weight excluding hydrogens is 493 g/mol. The van der Waals surface area contributed by atoms with E-state index in [4.69, 9.17) is 5.26 Å². The van der Waals surface area contributed by atoms with E-state index in [1.165, 1.54) is 12.1 Å². The first-order valence-corrected chi connectivity index (χ1v) is 12.0. The third-order valence-electron chi connectivity index (χ3n) is 6.29. The molecule has 1 heterocycles. The van der Waals surface area contributed by atoms with Gasteiger partial charge in [0.25, 0.3) is 5.91 Å². The lowest BCUT2D eigenvalue weighted by Crippen LogP contribution is -2.43. The number of benzene rings is 3. The molecule has 1 aromatic heterocycles. The van der Waals surface area contributed by atoms with Crippen LogP contribution in [0, 0.1) is 11.3 Å². The number of aromatic amines is 1. The summed E-state index contributed by atoms with van der Waals surface area (Å²) in [5.74, 6) is -1.05. The van der Waals surface area contributed by atoms with Gasteiger partial charge in [-0.3, -0.25) is 9.59 Å². The van der Waals surface area contributed by atoms with E-state index < -0.39 is 24.2 Å². The zero-order valence-corrected chi connectivity index (χ0v) is 20.5. The van der Waals surface area contributed by atoms with Crippen LogP contribution in [0.2, 0.25) is 0 Å². The highest BCUT2D eigenvalue weighted by Gasteiger charge is 2.37. The average Bonchev–Trinajstić information content (AvgIpc) is 3.34. The van der Waals surface area contributed by atoms with E-state index in [2.05, 4.69) is 16.4 Å². The normalized spacial score (nSPS) is 13.0. The molecule has 1 amide bonds. The molecule has 0 radical (unpaired) electrons. The second kappa shape index (κ2) is 11.3. The van der Waals surface area contributed by atoms with Crippen LogP contribution in [0.5, 0.6) is 0 Å². The van der Waals surface area contributed by atoms with Crippen molar-refractivity contribution in [2.24, 2.45) is 0 Å². The van der Waals surface area contributed by atoms with Crippen LogP contribution >= 0.6 is 0 Å². The Morgan fingerprint density at radius 1 is 1.03 bits per heavy atom. The lowest BCUT2D eigenvalue weighted by atomic mass is 9.96. The molecule has 9 heteroatoms. The number of nitrogens with zero attached hydrogens (tertiary/aromatic N) is 1. The standard InChI is InChI=1S/C29H25F3N4O2/c1-18(29(30,31)32)36-28(38)22-11-12-23-24(17-35-25(23)15-22)27(37)26(21-5-3-2-4-6-21)34-14-13-19-7-9-20(16-33)10-8-19/h2-12,15,17-18,26,34-35H,13-14H2,1H3,(H,36,38)/t18-,26-/m0/s1. The topological polar surface area (TPSA) is 97.8 Å². The van der Waals surface area contributed by atoms with Crippen LogP contribution in [0.4, 0.5) is 13.2 Å². The Morgan fingerprint density at radius 3 is 2.39 bits per heavy atom. The van der Waals surface area contributed by atoms with Gasteiger partial charge in [-0.25, -0.2) is 0 Å². The van der Waals surface area contributed by atoms with Crippen molar-refractivity contribution in [2.45, 2.75) is 31.6 Å². The SMILES string of the molecule is C[C@H](NC(=O)c1ccc2c(C(=O)[C@@H](NCCc3ccc(C#N)cc3)c3ccccc3)c[nH]c2c1)C(F)(F)F. The molecule has 2 atom stereocenters. The first kappa shape index (κ1) is 26.6. The summed E-state index contributed by atoms with van der Waals surface area (Å²) in [7, 11) is 0. The van der Waals surface area contributed by atoms with Gasteiger partial charge in [-0.2, -0.15) is 18.4 Å². The molecule has 0 aliphatic rings. The number of rotatable bonds is 9. The van der Waals surface area contributed by atoms with E-state index >= 15 is 0 Å². The summed E-state index contributed by atoms with van der Waals surface area (Å²) in [6, 6.07) is 20.4. The van der Waals surface area contributed by atoms with Crippen molar-refractivity contribution in [1.82, 2.24) is 15.6 Å². The molecule has 3 N–H and O–H groups in total. The van der Waals surface area contributed by atoms with Crippen LogP contribution in [0.3, 0.4) is 0 Å². The minimum Gasteiger partial charge on any atom is -0.360 e. The van der Waals surface area contributed by atoms with Crippen molar-refractivity contribution in [1.29, 1.82) is 5.26 Å². The quantitative estimate of drug-likeness (QED) is 0.256. The second-order valence-electron chi connectivity index (χ2n) is 8.92. The smallest absolute Gasteiger partial charge is 0.360 e. The number of halogens is 3. The van der Waals surface area contributed by atoms with Crippen molar-refractivity contribution in [3.05, 3.63) is 107 Å². The molecule has 0 aliphatic heterocycles. The first-order chi connectivity index (χ1) is 18.2. The number of hydrogen-bond donors (Lipinski definition) is 3. The van der Waals surface area contributed by atoms with Crippen LogP contribution < -0.4 is 10.6 Å². The Kier molecular flexibility index (Phi) is 7.93. The second-order valence-corrected chi connectivity index (χ2v) is 8.92. The Morgan fingerprint density at radius 2 is 1.74 bits per heavy atom. The number of carbonyl (C=O) groups excluding carboxylic acids is 2. The molecule has 0 spiro atoms. The number of aromatic nitrogens is 1. The monoisotopic (exact) mass is 518 g/mol. The number of nitriles is 1. The number of hydrogen-bond acceptors (Lipinski definition) is 4. The summed E-state index contributed by atoms with van der Waals surface area (Å²) >= 11 is 0. The molecule has 0 fully saturated rings.